The highest BCUT2D eigenvalue weighted by Crippen LogP contribution is 2.40. The fourth-order valence-electron chi connectivity index (χ4n) is 7.21. The maximum absolute atomic E-state index is 13.3. The van der Waals surface area contributed by atoms with Gasteiger partial charge in [0.1, 0.15) is 22.6 Å². The largest absolute Gasteiger partial charge is 0.573 e. The molecule has 336 valence electrons. The van der Waals surface area contributed by atoms with Gasteiger partial charge in [-0.3, -0.25) is 23.9 Å². The summed E-state index contributed by atoms with van der Waals surface area (Å²) >= 11 is 9.01. The summed E-state index contributed by atoms with van der Waals surface area (Å²) in [6, 6.07) is 21.0. The van der Waals surface area contributed by atoms with Crippen molar-refractivity contribution in [2.45, 2.75) is 51.3 Å². The third kappa shape index (κ3) is 10.3. The van der Waals surface area contributed by atoms with E-state index in [-0.39, 0.29) is 62.4 Å². The summed E-state index contributed by atoms with van der Waals surface area (Å²) in [5.41, 5.74) is 5.15. The Labute approximate surface area is 382 Å². The van der Waals surface area contributed by atoms with Gasteiger partial charge >= 0.3 is 6.36 Å². The molecule has 15 nitrogen and oxygen atoms in total. The molecular weight excluding hydrogens is 905 g/mol. The summed E-state index contributed by atoms with van der Waals surface area (Å²) in [6.07, 6.45) is -4.94. The van der Waals surface area contributed by atoms with E-state index in [4.69, 9.17) is 26.3 Å². The molecule has 0 saturated heterocycles. The van der Waals surface area contributed by atoms with E-state index in [9.17, 15) is 27.6 Å². The predicted octanol–water partition coefficient (Wildman–Crippen LogP) is 7.26. The Kier molecular flexibility index (Phi) is 13.5. The molecule has 0 unspecified atom stereocenters. The molecule has 1 aliphatic heterocycles. The summed E-state index contributed by atoms with van der Waals surface area (Å²) in [6.45, 7) is 6.78. The fraction of sp³-hybridized carbons (Fsp3) is 0.273. The van der Waals surface area contributed by atoms with Crippen molar-refractivity contribution in [2.24, 2.45) is 4.99 Å². The topological polar surface area (TPSA) is 179 Å². The standard InChI is InChI=1S/C44H40ClF3N10O5S2/c1-24-25(2)65-42-38(24)39(27-12-14-28(45)15-13-27)52-33(40-55-54-26(3)57(40)42)21-36(59)49-16-18-62-19-17-50-37(60)23-64-43-53-32-10-6-4-8-30(32)34-20-29(56-58(34)43)22-51-41(61)31-9-5-7-11-35(31)63-44(46,47)48/h4-15,20,33H,16-19,21-23H2,1-3H3,(H,49,59)(H,50,60)(H,51,61)/t33-/m0/s1. The van der Waals surface area contributed by atoms with Crippen LogP contribution < -0.4 is 20.7 Å². The molecular formula is C44H40ClF3N10O5S2. The molecule has 1 atom stereocenters. The SMILES string of the molecule is Cc1sc2c(c1C)C(c1ccc(Cl)cc1)=N[C@@H](CC(=O)NCCOCCNC(=O)CSc1nc3ccccc3c3cc(CNC(=O)c4ccccc4OC(F)(F)F)nn13)c1nnc(C)n1-2. The number of aliphatic imine (C=N–C) groups is 1. The Morgan fingerprint density at radius 3 is 2.40 bits per heavy atom. The van der Waals surface area contributed by atoms with Crippen molar-refractivity contribution in [3.05, 3.63) is 128 Å². The molecule has 4 aromatic heterocycles. The number of hydrogen-bond donors (Lipinski definition) is 3. The van der Waals surface area contributed by atoms with Gasteiger partial charge in [-0.05, 0) is 62.7 Å². The van der Waals surface area contributed by atoms with Crippen LogP contribution in [0.3, 0.4) is 0 Å². The molecule has 21 heteroatoms. The smallest absolute Gasteiger partial charge is 0.405 e. The normalized spacial score (nSPS) is 13.5. The van der Waals surface area contributed by atoms with Crippen molar-refractivity contribution < 1.29 is 37.0 Å². The number of aromatic nitrogens is 6. The molecule has 0 fully saturated rings. The van der Waals surface area contributed by atoms with Gasteiger partial charge in [-0.1, -0.05) is 65.8 Å². The number of thiophene rings is 1. The molecule has 0 spiro atoms. The third-order valence-corrected chi connectivity index (χ3v) is 12.7. The van der Waals surface area contributed by atoms with Crippen LogP contribution in [-0.2, 0) is 20.9 Å². The lowest BCUT2D eigenvalue weighted by Crippen LogP contribution is -2.31. The lowest BCUT2D eigenvalue weighted by atomic mass is 9.99. The van der Waals surface area contributed by atoms with E-state index in [0.717, 1.165) is 55.5 Å². The van der Waals surface area contributed by atoms with Gasteiger partial charge in [0, 0.05) is 39.5 Å². The van der Waals surface area contributed by atoms with Gasteiger partial charge in [0.05, 0.1) is 59.9 Å². The van der Waals surface area contributed by atoms with Gasteiger partial charge in [0.15, 0.2) is 11.0 Å². The highest BCUT2D eigenvalue weighted by atomic mass is 35.5. The Morgan fingerprint density at radius 2 is 1.63 bits per heavy atom. The second-order valence-corrected chi connectivity index (χ2v) is 17.4. The minimum Gasteiger partial charge on any atom is -0.405 e. The van der Waals surface area contributed by atoms with Gasteiger partial charge in [-0.2, -0.15) is 5.10 Å². The van der Waals surface area contributed by atoms with E-state index in [1.807, 2.05) is 60.0 Å². The average molecular weight is 945 g/mol. The number of fused-ring (bicyclic) bond motifs is 6. The first-order valence-corrected chi connectivity index (χ1v) is 22.4. The molecule has 8 rings (SSSR count). The van der Waals surface area contributed by atoms with Gasteiger partial charge in [-0.15, -0.1) is 34.7 Å². The minimum absolute atomic E-state index is 0.00173. The van der Waals surface area contributed by atoms with Crippen molar-refractivity contribution in [3.8, 4) is 10.8 Å². The van der Waals surface area contributed by atoms with E-state index < -0.39 is 24.1 Å². The van der Waals surface area contributed by atoms with Gasteiger partial charge < -0.3 is 25.4 Å². The summed E-state index contributed by atoms with van der Waals surface area (Å²) in [5, 5.41) is 24.5. The molecule has 3 N–H and O–H groups in total. The van der Waals surface area contributed by atoms with Crippen LogP contribution in [0.25, 0.3) is 21.4 Å². The maximum Gasteiger partial charge on any atom is 0.573 e. The van der Waals surface area contributed by atoms with Gasteiger partial charge in [-0.25, -0.2) is 9.50 Å². The van der Waals surface area contributed by atoms with Crippen molar-refractivity contribution in [1.82, 2.24) is 45.3 Å². The molecule has 0 saturated carbocycles. The third-order valence-electron chi connectivity index (χ3n) is 10.3. The van der Waals surface area contributed by atoms with Crippen molar-refractivity contribution in [2.75, 3.05) is 32.1 Å². The Bertz CT molecular complexity index is 2950. The van der Waals surface area contributed by atoms with Crippen molar-refractivity contribution in [1.29, 1.82) is 0 Å². The molecule has 5 heterocycles. The second-order valence-electron chi connectivity index (χ2n) is 14.8. The zero-order chi connectivity index (χ0) is 45.8. The summed E-state index contributed by atoms with van der Waals surface area (Å²) < 4.78 is 52.1. The zero-order valence-corrected chi connectivity index (χ0v) is 37.4. The number of carbonyl (C=O) groups excluding carboxylic acids is 3. The number of nitrogens with zero attached hydrogens (tertiary/aromatic N) is 7. The lowest BCUT2D eigenvalue weighted by Gasteiger charge is -2.13. The summed E-state index contributed by atoms with van der Waals surface area (Å²) in [7, 11) is 0. The summed E-state index contributed by atoms with van der Waals surface area (Å²) in [4.78, 5) is 50.1. The van der Waals surface area contributed by atoms with Crippen LogP contribution in [0.1, 0.15) is 61.7 Å². The van der Waals surface area contributed by atoms with Crippen LogP contribution in [0.5, 0.6) is 5.75 Å². The molecule has 65 heavy (non-hydrogen) atoms. The number of amides is 3. The van der Waals surface area contributed by atoms with Crippen molar-refractivity contribution >= 4 is 74.6 Å². The highest BCUT2D eigenvalue weighted by molar-refractivity contribution is 7.99. The molecule has 3 amide bonds. The molecule has 1 aliphatic rings. The number of nitrogens with one attached hydrogen (secondary N) is 3. The number of para-hydroxylation sites is 2. The number of ether oxygens (including phenoxy) is 2. The molecule has 3 aromatic carbocycles. The van der Waals surface area contributed by atoms with E-state index in [1.165, 1.54) is 18.2 Å². The predicted molar refractivity (Wildman–Crippen MR) is 240 cm³/mol. The molecule has 0 bridgehead atoms. The Morgan fingerprint density at radius 1 is 0.908 bits per heavy atom. The summed E-state index contributed by atoms with van der Waals surface area (Å²) in [5.74, 6) is -0.635. The van der Waals surface area contributed by atoms with Crippen LogP contribution in [0.15, 0.2) is 89.0 Å². The monoisotopic (exact) mass is 944 g/mol. The fourth-order valence-corrected chi connectivity index (χ4v) is 9.33. The number of rotatable bonds is 16. The van der Waals surface area contributed by atoms with E-state index in [1.54, 1.807) is 21.9 Å². The first kappa shape index (κ1) is 45.2. The van der Waals surface area contributed by atoms with Gasteiger partial charge in [0.25, 0.3) is 5.91 Å². The Hall–Kier alpha value is -6.35. The molecule has 0 aliphatic carbocycles. The van der Waals surface area contributed by atoms with Crippen LogP contribution in [0.4, 0.5) is 13.2 Å². The molecule has 7 aromatic rings. The number of thioether (sulfide) groups is 1. The number of carbonyl (C=O) groups is 3. The highest BCUT2D eigenvalue weighted by Gasteiger charge is 2.34. The zero-order valence-electron chi connectivity index (χ0n) is 35.0. The van der Waals surface area contributed by atoms with Crippen LogP contribution in [0.2, 0.25) is 5.02 Å². The Balaban J connectivity index is 0.821. The van der Waals surface area contributed by atoms with Crippen LogP contribution >= 0.6 is 34.7 Å². The lowest BCUT2D eigenvalue weighted by molar-refractivity contribution is -0.274. The second kappa shape index (κ2) is 19.4. The van der Waals surface area contributed by atoms with Crippen molar-refractivity contribution in [3.63, 3.8) is 0 Å². The minimum atomic E-state index is -4.97. The van der Waals surface area contributed by atoms with E-state index in [0.29, 0.717) is 38.6 Å². The number of hydrogen-bond acceptors (Lipinski definition) is 12. The number of aryl methyl sites for hydroxylation is 2. The maximum atomic E-state index is 13.3. The van der Waals surface area contributed by atoms with E-state index in [2.05, 4.69) is 49.8 Å². The first-order chi connectivity index (χ1) is 31.2. The number of alkyl halides is 3. The average Bonchev–Trinajstić information content (AvgIpc) is 3.95. The molecule has 0 radical (unpaired) electrons. The van der Waals surface area contributed by atoms with Crippen LogP contribution in [-0.4, -0.2) is 91.2 Å². The quantitative estimate of drug-likeness (QED) is 0.0508. The van der Waals surface area contributed by atoms with Gasteiger partial charge in [0.2, 0.25) is 11.8 Å². The number of benzene rings is 3. The van der Waals surface area contributed by atoms with Crippen LogP contribution in [0, 0.1) is 20.8 Å². The number of halogens is 4. The first-order valence-electron chi connectivity index (χ1n) is 20.2. The van der Waals surface area contributed by atoms with E-state index >= 15 is 0 Å².